The number of rotatable bonds is 5. The minimum absolute atomic E-state index is 0.213. The van der Waals surface area contributed by atoms with Crippen LogP contribution in [0.15, 0.2) is 28.8 Å². The molecule has 5 nitrogen and oxygen atoms in total. The third kappa shape index (κ3) is 4.18. The van der Waals surface area contributed by atoms with E-state index >= 15 is 0 Å². The van der Waals surface area contributed by atoms with E-state index in [9.17, 15) is 4.39 Å². The second-order valence-electron chi connectivity index (χ2n) is 4.74. The maximum atomic E-state index is 12.8. The van der Waals surface area contributed by atoms with Crippen LogP contribution in [0.25, 0.3) is 0 Å². The van der Waals surface area contributed by atoms with E-state index in [-0.39, 0.29) is 12.4 Å². The maximum absolute atomic E-state index is 12.8. The summed E-state index contributed by atoms with van der Waals surface area (Å²) in [4.78, 5) is 6.61. The zero-order valence-electron chi connectivity index (χ0n) is 11.5. The summed E-state index contributed by atoms with van der Waals surface area (Å²) in [6.45, 7) is 3.00. The Bertz CT molecular complexity index is 570. The molecule has 0 spiro atoms. The summed E-state index contributed by atoms with van der Waals surface area (Å²) in [6.07, 6.45) is 0. The van der Waals surface area contributed by atoms with E-state index in [1.165, 1.54) is 12.1 Å². The Morgan fingerprint density at radius 3 is 2.76 bits per heavy atom. The van der Waals surface area contributed by atoms with Gasteiger partial charge in [-0.1, -0.05) is 5.16 Å². The summed E-state index contributed by atoms with van der Waals surface area (Å²) < 4.78 is 23.5. The van der Waals surface area contributed by atoms with Gasteiger partial charge in [0.2, 0.25) is 11.7 Å². The minimum Gasteiger partial charge on any atom is -0.485 e. The molecular weight excluding hydrogens is 293 g/mol. The molecule has 0 bridgehead atoms. The molecule has 0 aliphatic carbocycles. The summed E-state index contributed by atoms with van der Waals surface area (Å²) >= 11 is 1.97. The van der Waals surface area contributed by atoms with E-state index in [4.69, 9.17) is 9.26 Å². The summed E-state index contributed by atoms with van der Waals surface area (Å²) in [5, 5.41) is 3.90. The second-order valence-corrected chi connectivity index (χ2v) is 5.96. The zero-order valence-corrected chi connectivity index (χ0v) is 12.3. The van der Waals surface area contributed by atoms with Gasteiger partial charge in [0.15, 0.2) is 6.61 Å². The molecule has 7 heteroatoms. The number of hydrogen-bond donors (Lipinski definition) is 0. The van der Waals surface area contributed by atoms with Crippen molar-refractivity contribution in [1.29, 1.82) is 0 Å². The van der Waals surface area contributed by atoms with E-state index in [2.05, 4.69) is 15.0 Å². The van der Waals surface area contributed by atoms with Gasteiger partial charge >= 0.3 is 0 Å². The van der Waals surface area contributed by atoms with Gasteiger partial charge < -0.3 is 9.26 Å². The van der Waals surface area contributed by atoms with Crippen LogP contribution in [0.3, 0.4) is 0 Å². The first kappa shape index (κ1) is 14.3. The lowest BCUT2D eigenvalue weighted by atomic mass is 10.3. The Balaban J connectivity index is 1.51. The second kappa shape index (κ2) is 6.91. The van der Waals surface area contributed by atoms with Crippen LogP contribution in [-0.4, -0.2) is 39.6 Å². The number of aromatic nitrogens is 2. The predicted octanol–water partition coefficient (Wildman–Crippen LogP) is 2.34. The van der Waals surface area contributed by atoms with Gasteiger partial charge in [-0.05, 0) is 24.3 Å². The molecule has 1 aliphatic heterocycles. The van der Waals surface area contributed by atoms with E-state index < -0.39 is 0 Å². The summed E-state index contributed by atoms with van der Waals surface area (Å²) in [7, 11) is 0. The van der Waals surface area contributed by atoms with Crippen LogP contribution < -0.4 is 4.74 Å². The molecule has 0 saturated carbocycles. The molecule has 112 valence electrons. The number of benzene rings is 1. The first-order valence-corrected chi connectivity index (χ1v) is 7.95. The molecule has 3 rings (SSSR count). The van der Waals surface area contributed by atoms with Crippen LogP contribution >= 0.6 is 11.8 Å². The fourth-order valence-corrected chi connectivity index (χ4v) is 3.02. The Kier molecular flexibility index (Phi) is 4.72. The molecule has 1 aliphatic rings. The largest absolute Gasteiger partial charge is 0.485 e. The average molecular weight is 309 g/mol. The van der Waals surface area contributed by atoms with Crippen LogP contribution in [0.4, 0.5) is 4.39 Å². The zero-order chi connectivity index (χ0) is 14.5. The van der Waals surface area contributed by atoms with Crippen molar-refractivity contribution < 1.29 is 13.7 Å². The number of halogens is 1. The van der Waals surface area contributed by atoms with Crippen molar-refractivity contribution in [3.63, 3.8) is 0 Å². The van der Waals surface area contributed by atoms with Gasteiger partial charge in [-0.3, -0.25) is 4.90 Å². The first-order chi connectivity index (χ1) is 10.3. The number of nitrogens with zero attached hydrogens (tertiary/aromatic N) is 3. The first-order valence-electron chi connectivity index (χ1n) is 6.79. The molecular formula is C14H16FN3O2S. The summed E-state index contributed by atoms with van der Waals surface area (Å²) in [6, 6.07) is 5.85. The fourth-order valence-electron chi connectivity index (χ4n) is 2.04. The number of hydrogen-bond acceptors (Lipinski definition) is 6. The highest BCUT2D eigenvalue weighted by Crippen LogP contribution is 2.14. The van der Waals surface area contributed by atoms with Crippen LogP contribution in [-0.2, 0) is 13.2 Å². The molecule has 0 N–H and O–H groups in total. The number of thioether (sulfide) groups is 1. The normalized spacial score (nSPS) is 16.0. The molecule has 0 amide bonds. The third-order valence-electron chi connectivity index (χ3n) is 3.15. The SMILES string of the molecule is Fc1ccc(OCc2noc(CN3CCSCC3)n2)cc1. The topological polar surface area (TPSA) is 51.4 Å². The van der Waals surface area contributed by atoms with Crippen molar-refractivity contribution in [2.24, 2.45) is 0 Å². The minimum atomic E-state index is -0.288. The van der Waals surface area contributed by atoms with Crippen molar-refractivity contribution in [2.75, 3.05) is 24.6 Å². The lowest BCUT2D eigenvalue weighted by Gasteiger charge is -2.24. The van der Waals surface area contributed by atoms with Crippen LogP contribution in [0, 0.1) is 5.82 Å². The van der Waals surface area contributed by atoms with Gasteiger partial charge in [-0.25, -0.2) is 4.39 Å². The quantitative estimate of drug-likeness (QED) is 0.845. The molecule has 1 aromatic carbocycles. The van der Waals surface area contributed by atoms with Gasteiger partial charge in [-0.2, -0.15) is 16.7 Å². The molecule has 0 unspecified atom stereocenters. The summed E-state index contributed by atoms with van der Waals surface area (Å²) in [5.41, 5.74) is 0. The molecule has 0 radical (unpaired) electrons. The van der Waals surface area contributed by atoms with Gasteiger partial charge in [0.05, 0.1) is 6.54 Å². The smallest absolute Gasteiger partial charge is 0.240 e. The van der Waals surface area contributed by atoms with Crippen molar-refractivity contribution in [3.05, 3.63) is 41.8 Å². The van der Waals surface area contributed by atoms with Crippen LogP contribution in [0.2, 0.25) is 0 Å². The Morgan fingerprint density at radius 2 is 2.00 bits per heavy atom. The standard InChI is InChI=1S/C14H16FN3O2S/c15-11-1-3-12(4-2-11)19-10-13-16-14(20-17-13)9-18-5-7-21-8-6-18/h1-4H,5-10H2. The molecule has 2 heterocycles. The van der Waals surface area contributed by atoms with E-state index in [1.807, 2.05) is 11.8 Å². The highest BCUT2D eigenvalue weighted by Gasteiger charge is 2.15. The highest BCUT2D eigenvalue weighted by atomic mass is 32.2. The van der Waals surface area contributed by atoms with E-state index in [0.29, 0.717) is 24.0 Å². The highest BCUT2D eigenvalue weighted by molar-refractivity contribution is 7.99. The predicted molar refractivity (Wildman–Crippen MR) is 77.6 cm³/mol. The van der Waals surface area contributed by atoms with Gasteiger partial charge in [-0.15, -0.1) is 0 Å². The Hall–Kier alpha value is -1.60. The number of ether oxygens (including phenoxy) is 1. The molecule has 1 fully saturated rings. The van der Waals surface area contributed by atoms with Crippen LogP contribution in [0.5, 0.6) is 5.75 Å². The lowest BCUT2D eigenvalue weighted by Crippen LogP contribution is -2.32. The molecule has 0 atom stereocenters. The van der Waals surface area contributed by atoms with Gasteiger partial charge in [0.25, 0.3) is 0 Å². The Labute approximate surface area is 126 Å². The third-order valence-corrected chi connectivity index (χ3v) is 4.10. The Morgan fingerprint density at radius 1 is 1.24 bits per heavy atom. The monoisotopic (exact) mass is 309 g/mol. The maximum Gasteiger partial charge on any atom is 0.240 e. The van der Waals surface area contributed by atoms with Crippen molar-refractivity contribution in [3.8, 4) is 5.75 Å². The molecule has 2 aromatic rings. The molecule has 1 saturated heterocycles. The van der Waals surface area contributed by atoms with Gasteiger partial charge in [0.1, 0.15) is 11.6 Å². The van der Waals surface area contributed by atoms with E-state index in [0.717, 1.165) is 24.6 Å². The van der Waals surface area contributed by atoms with Crippen molar-refractivity contribution in [1.82, 2.24) is 15.0 Å². The van der Waals surface area contributed by atoms with Crippen molar-refractivity contribution >= 4 is 11.8 Å². The van der Waals surface area contributed by atoms with E-state index in [1.54, 1.807) is 12.1 Å². The molecule has 1 aromatic heterocycles. The summed E-state index contributed by atoms with van der Waals surface area (Å²) in [5.74, 6) is 3.70. The average Bonchev–Trinajstić information content (AvgIpc) is 2.95. The molecule has 21 heavy (non-hydrogen) atoms. The fraction of sp³-hybridized carbons (Fsp3) is 0.429. The van der Waals surface area contributed by atoms with Crippen LogP contribution in [0.1, 0.15) is 11.7 Å². The van der Waals surface area contributed by atoms with Gasteiger partial charge in [0, 0.05) is 24.6 Å². The lowest BCUT2D eigenvalue weighted by molar-refractivity contribution is 0.243. The van der Waals surface area contributed by atoms with Crippen molar-refractivity contribution in [2.45, 2.75) is 13.2 Å².